The number of hydrogen-bond donors (Lipinski definition) is 2. The molecule has 0 spiro atoms. The minimum Gasteiger partial charge on any atom is -0.481 e. The number of rotatable bonds is 9. The summed E-state index contributed by atoms with van der Waals surface area (Å²) in [6.45, 7) is 2.06. The van der Waals surface area contributed by atoms with Crippen LogP contribution < -0.4 is 0 Å². The zero-order chi connectivity index (χ0) is 11.7. The van der Waals surface area contributed by atoms with Gasteiger partial charge in [0.25, 0.3) is 0 Å². The number of aliphatic carboxylic acids is 2. The maximum absolute atomic E-state index is 10.6. The second-order valence-electron chi connectivity index (χ2n) is 3.89. The van der Waals surface area contributed by atoms with Crippen LogP contribution in [0, 0.1) is 5.92 Å². The Morgan fingerprint density at radius 2 is 1.67 bits per heavy atom. The second kappa shape index (κ2) is 8.26. The van der Waals surface area contributed by atoms with E-state index in [1.54, 1.807) is 0 Å². The fourth-order valence-corrected chi connectivity index (χ4v) is 1.63. The van der Waals surface area contributed by atoms with Gasteiger partial charge in [0.1, 0.15) is 0 Å². The largest absolute Gasteiger partial charge is 0.481 e. The molecule has 0 aliphatic heterocycles. The molecule has 1 atom stereocenters. The highest BCUT2D eigenvalue weighted by Crippen LogP contribution is 2.19. The molecule has 0 rings (SSSR count). The lowest BCUT2D eigenvalue weighted by atomic mass is 9.93. The number of carboxylic acid groups (broad SMARTS) is 2. The molecule has 0 saturated heterocycles. The third-order valence-electron chi connectivity index (χ3n) is 2.43. The van der Waals surface area contributed by atoms with Crippen LogP contribution >= 0.6 is 0 Å². The van der Waals surface area contributed by atoms with Gasteiger partial charge in [-0.25, -0.2) is 0 Å². The van der Waals surface area contributed by atoms with E-state index in [4.69, 9.17) is 10.2 Å². The number of carboxylic acids is 2. The summed E-state index contributed by atoms with van der Waals surface area (Å²) >= 11 is 0. The maximum Gasteiger partial charge on any atom is 0.303 e. The van der Waals surface area contributed by atoms with Crippen molar-refractivity contribution in [3.05, 3.63) is 0 Å². The van der Waals surface area contributed by atoms with Crippen LogP contribution in [-0.2, 0) is 9.59 Å². The average molecular weight is 216 g/mol. The monoisotopic (exact) mass is 216 g/mol. The Hall–Kier alpha value is -1.06. The Bertz CT molecular complexity index is 201. The van der Waals surface area contributed by atoms with Crippen molar-refractivity contribution >= 4 is 11.9 Å². The molecule has 0 amide bonds. The van der Waals surface area contributed by atoms with Gasteiger partial charge in [-0.1, -0.05) is 19.8 Å². The third kappa shape index (κ3) is 9.25. The molecular weight excluding hydrogens is 196 g/mol. The molecule has 4 nitrogen and oxygen atoms in total. The normalized spacial score (nSPS) is 12.3. The molecule has 0 bridgehead atoms. The minimum atomic E-state index is -0.806. The van der Waals surface area contributed by atoms with E-state index in [1.807, 2.05) is 0 Å². The van der Waals surface area contributed by atoms with Crippen molar-refractivity contribution in [3.8, 4) is 0 Å². The summed E-state index contributed by atoms with van der Waals surface area (Å²) in [5, 5.41) is 17.1. The van der Waals surface area contributed by atoms with Crippen LogP contribution in [0.25, 0.3) is 0 Å². The predicted molar refractivity (Wildman–Crippen MR) is 56.8 cm³/mol. The van der Waals surface area contributed by atoms with Crippen LogP contribution in [0.5, 0.6) is 0 Å². The van der Waals surface area contributed by atoms with Gasteiger partial charge in [-0.2, -0.15) is 0 Å². The molecule has 0 heterocycles. The summed E-state index contributed by atoms with van der Waals surface area (Å²) in [5.41, 5.74) is 0. The molecule has 15 heavy (non-hydrogen) atoms. The van der Waals surface area contributed by atoms with Crippen LogP contribution in [-0.4, -0.2) is 22.2 Å². The standard InChI is InChI=1S/C11H20O4/c1-2-3-5-9(8-11(14)15)6-4-7-10(12)13/h9H,2-8H2,1H3,(H,12,13)(H,14,15). The molecule has 0 aromatic heterocycles. The van der Waals surface area contributed by atoms with Crippen LogP contribution in [0.3, 0.4) is 0 Å². The summed E-state index contributed by atoms with van der Waals surface area (Å²) in [6.07, 6.45) is 4.56. The third-order valence-corrected chi connectivity index (χ3v) is 2.43. The van der Waals surface area contributed by atoms with Crippen LogP contribution in [0.4, 0.5) is 0 Å². The molecule has 0 aliphatic carbocycles. The van der Waals surface area contributed by atoms with Gasteiger partial charge in [0.2, 0.25) is 0 Å². The van der Waals surface area contributed by atoms with Crippen molar-refractivity contribution in [1.29, 1.82) is 0 Å². The van der Waals surface area contributed by atoms with Gasteiger partial charge in [-0.05, 0) is 25.2 Å². The Labute approximate surface area is 90.3 Å². The summed E-state index contributed by atoms with van der Waals surface area (Å²) in [4.78, 5) is 20.9. The molecular formula is C11H20O4. The molecule has 0 radical (unpaired) electrons. The van der Waals surface area contributed by atoms with Gasteiger partial charge in [-0.3, -0.25) is 9.59 Å². The van der Waals surface area contributed by atoms with Gasteiger partial charge in [0, 0.05) is 12.8 Å². The van der Waals surface area contributed by atoms with Gasteiger partial charge in [0.05, 0.1) is 0 Å². The van der Waals surface area contributed by atoms with E-state index in [2.05, 4.69) is 6.92 Å². The SMILES string of the molecule is CCCCC(CCCC(=O)O)CC(=O)O. The Morgan fingerprint density at radius 3 is 2.13 bits per heavy atom. The molecule has 0 aromatic carbocycles. The molecule has 4 heteroatoms. The summed E-state index contributed by atoms with van der Waals surface area (Å²) < 4.78 is 0. The fourth-order valence-electron chi connectivity index (χ4n) is 1.63. The van der Waals surface area contributed by atoms with Gasteiger partial charge >= 0.3 is 11.9 Å². The lowest BCUT2D eigenvalue weighted by Crippen LogP contribution is -2.09. The minimum absolute atomic E-state index is 0.141. The van der Waals surface area contributed by atoms with Gasteiger partial charge in [-0.15, -0.1) is 0 Å². The van der Waals surface area contributed by atoms with E-state index in [0.29, 0.717) is 12.8 Å². The Balaban J connectivity index is 3.78. The molecule has 0 saturated carbocycles. The lowest BCUT2D eigenvalue weighted by molar-refractivity contribution is -0.138. The highest BCUT2D eigenvalue weighted by molar-refractivity contribution is 5.67. The smallest absolute Gasteiger partial charge is 0.303 e. The second-order valence-corrected chi connectivity index (χ2v) is 3.89. The first kappa shape index (κ1) is 13.9. The molecule has 0 aromatic rings. The molecule has 88 valence electrons. The average Bonchev–Trinajstić information content (AvgIpc) is 2.12. The summed E-state index contributed by atoms with van der Waals surface area (Å²) in [5.74, 6) is -1.45. The van der Waals surface area contributed by atoms with E-state index in [-0.39, 0.29) is 18.8 Å². The first-order valence-corrected chi connectivity index (χ1v) is 5.49. The van der Waals surface area contributed by atoms with Crippen molar-refractivity contribution in [1.82, 2.24) is 0 Å². The van der Waals surface area contributed by atoms with E-state index < -0.39 is 11.9 Å². The molecule has 1 unspecified atom stereocenters. The van der Waals surface area contributed by atoms with Crippen LogP contribution in [0.2, 0.25) is 0 Å². The van der Waals surface area contributed by atoms with Crippen molar-refractivity contribution < 1.29 is 19.8 Å². The first-order valence-electron chi connectivity index (χ1n) is 5.49. The highest BCUT2D eigenvalue weighted by Gasteiger charge is 2.13. The van der Waals surface area contributed by atoms with E-state index in [9.17, 15) is 9.59 Å². The fraction of sp³-hybridized carbons (Fsp3) is 0.818. The van der Waals surface area contributed by atoms with Gasteiger partial charge in [0.15, 0.2) is 0 Å². The van der Waals surface area contributed by atoms with E-state index in [1.165, 1.54) is 0 Å². The molecule has 2 N–H and O–H groups in total. The zero-order valence-corrected chi connectivity index (χ0v) is 9.24. The van der Waals surface area contributed by atoms with E-state index in [0.717, 1.165) is 19.3 Å². The Morgan fingerprint density at radius 1 is 1.07 bits per heavy atom. The molecule has 0 aliphatic rings. The highest BCUT2D eigenvalue weighted by atomic mass is 16.4. The predicted octanol–water partition coefficient (Wildman–Crippen LogP) is 2.52. The van der Waals surface area contributed by atoms with Crippen molar-refractivity contribution in [2.75, 3.05) is 0 Å². The van der Waals surface area contributed by atoms with Crippen molar-refractivity contribution in [2.45, 2.75) is 51.9 Å². The number of hydrogen-bond acceptors (Lipinski definition) is 2. The zero-order valence-electron chi connectivity index (χ0n) is 9.24. The van der Waals surface area contributed by atoms with E-state index >= 15 is 0 Å². The van der Waals surface area contributed by atoms with Crippen molar-refractivity contribution in [3.63, 3.8) is 0 Å². The lowest BCUT2D eigenvalue weighted by Gasteiger charge is -2.13. The van der Waals surface area contributed by atoms with Crippen molar-refractivity contribution in [2.24, 2.45) is 5.92 Å². The number of unbranched alkanes of at least 4 members (excludes halogenated alkanes) is 1. The van der Waals surface area contributed by atoms with Crippen LogP contribution in [0.1, 0.15) is 51.9 Å². The summed E-state index contributed by atoms with van der Waals surface area (Å²) in [6, 6.07) is 0. The summed E-state index contributed by atoms with van der Waals surface area (Å²) in [7, 11) is 0. The molecule has 0 fully saturated rings. The number of carbonyl (C=O) groups is 2. The van der Waals surface area contributed by atoms with Crippen LogP contribution in [0.15, 0.2) is 0 Å². The quantitative estimate of drug-likeness (QED) is 0.621. The first-order chi connectivity index (χ1) is 7.06. The Kier molecular flexibility index (Phi) is 7.68. The topological polar surface area (TPSA) is 74.6 Å². The van der Waals surface area contributed by atoms with Gasteiger partial charge < -0.3 is 10.2 Å². The maximum atomic E-state index is 10.6.